The van der Waals surface area contributed by atoms with Gasteiger partial charge in [0, 0.05) is 6.07 Å². The molecule has 130 valence electrons. The second-order valence-electron chi connectivity index (χ2n) is 4.81. The molecule has 0 bridgehead atoms. The highest BCUT2D eigenvalue weighted by Gasteiger charge is 2.33. The summed E-state index contributed by atoms with van der Waals surface area (Å²) in [6, 6.07) is 5.10. The Balaban J connectivity index is 2.21. The van der Waals surface area contributed by atoms with E-state index in [1.54, 1.807) is 0 Å². The standard InChI is InChI=1S/C15H9ClF6O2/c16-13-2-1-8(3-12(13)15(20,21)22)7-24-11-5-9(14(17,18)19)4-10(23)6-11/h1-6,23H,7H2. The van der Waals surface area contributed by atoms with Crippen molar-refractivity contribution in [1.29, 1.82) is 0 Å². The number of hydrogen-bond donors (Lipinski definition) is 1. The molecular weight excluding hydrogens is 362 g/mol. The van der Waals surface area contributed by atoms with Crippen LogP contribution in [0.15, 0.2) is 36.4 Å². The third kappa shape index (κ3) is 4.47. The first-order chi connectivity index (χ1) is 11.0. The van der Waals surface area contributed by atoms with Crippen LogP contribution in [0.25, 0.3) is 0 Å². The van der Waals surface area contributed by atoms with Gasteiger partial charge in [-0.2, -0.15) is 26.3 Å². The first-order valence-corrected chi connectivity index (χ1v) is 6.74. The van der Waals surface area contributed by atoms with Crippen molar-refractivity contribution in [1.82, 2.24) is 0 Å². The van der Waals surface area contributed by atoms with Crippen LogP contribution in [-0.4, -0.2) is 5.11 Å². The summed E-state index contributed by atoms with van der Waals surface area (Å²) in [7, 11) is 0. The molecule has 2 aromatic rings. The molecule has 0 spiro atoms. The van der Waals surface area contributed by atoms with Gasteiger partial charge >= 0.3 is 12.4 Å². The van der Waals surface area contributed by atoms with Crippen LogP contribution in [0.2, 0.25) is 5.02 Å². The van der Waals surface area contributed by atoms with E-state index in [1.165, 1.54) is 6.07 Å². The third-order valence-electron chi connectivity index (χ3n) is 2.96. The lowest BCUT2D eigenvalue weighted by atomic mass is 10.1. The zero-order valence-corrected chi connectivity index (χ0v) is 12.4. The number of ether oxygens (including phenoxy) is 1. The lowest BCUT2D eigenvalue weighted by molar-refractivity contribution is -0.138. The summed E-state index contributed by atoms with van der Waals surface area (Å²) in [6.07, 6.45) is -9.36. The highest BCUT2D eigenvalue weighted by Crippen LogP contribution is 2.36. The van der Waals surface area contributed by atoms with Gasteiger partial charge in [0.05, 0.1) is 16.1 Å². The summed E-state index contributed by atoms with van der Waals surface area (Å²) < 4.78 is 81.2. The lowest BCUT2D eigenvalue weighted by Crippen LogP contribution is -2.08. The van der Waals surface area contributed by atoms with Gasteiger partial charge in [0.1, 0.15) is 18.1 Å². The van der Waals surface area contributed by atoms with Crippen LogP contribution in [0.1, 0.15) is 16.7 Å². The Morgan fingerprint density at radius 3 is 2.17 bits per heavy atom. The second kappa shape index (κ2) is 6.43. The summed E-state index contributed by atoms with van der Waals surface area (Å²) in [5, 5.41) is 8.80. The second-order valence-corrected chi connectivity index (χ2v) is 5.22. The highest BCUT2D eigenvalue weighted by atomic mass is 35.5. The number of hydrogen-bond acceptors (Lipinski definition) is 2. The smallest absolute Gasteiger partial charge is 0.417 e. The SMILES string of the molecule is Oc1cc(OCc2ccc(Cl)c(C(F)(F)F)c2)cc(C(F)(F)F)c1. The molecule has 24 heavy (non-hydrogen) atoms. The van der Waals surface area contributed by atoms with Crippen LogP contribution in [0.5, 0.6) is 11.5 Å². The summed E-state index contributed by atoms with van der Waals surface area (Å²) >= 11 is 5.47. The van der Waals surface area contributed by atoms with Crippen LogP contribution in [0, 0.1) is 0 Å². The zero-order chi connectivity index (χ0) is 18.1. The lowest BCUT2D eigenvalue weighted by Gasteiger charge is -2.13. The molecule has 0 saturated heterocycles. The van der Waals surface area contributed by atoms with E-state index in [0.717, 1.165) is 18.2 Å². The van der Waals surface area contributed by atoms with Gasteiger partial charge in [0.2, 0.25) is 0 Å². The number of alkyl halides is 6. The van der Waals surface area contributed by atoms with Gasteiger partial charge in [0.25, 0.3) is 0 Å². The predicted molar refractivity (Wildman–Crippen MR) is 73.9 cm³/mol. The van der Waals surface area contributed by atoms with E-state index in [9.17, 15) is 31.4 Å². The number of halogens is 7. The Morgan fingerprint density at radius 2 is 1.58 bits per heavy atom. The molecule has 0 aromatic heterocycles. The maximum atomic E-state index is 12.7. The average Bonchev–Trinajstić information content (AvgIpc) is 2.43. The highest BCUT2D eigenvalue weighted by molar-refractivity contribution is 6.31. The van der Waals surface area contributed by atoms with Gasteiger partial charge < -0.3 is 9.84 Å². The van der Waals surface area contributed by atoms with Crippen molar-refractivity contribution in [3.63, 3.8) is 0 Å². The normalized spacial score (nSPS) is 12.3. The molecule has 0 aliphatic rings. The van der Waals surface area contributed by atoms with Crippen LogP contribution in [0.4, 0.5) is 26.3 Å². The molecule has 0 atom stereocenters. The monoisotopic (exact) mass is 370 g/mol. The van der Waals surface area contributed by atoms with Gasteiger partial charge in [-0.3, -0.25) is 0 Å². The van der Waals surface area contributed by atoms with E-state index in [0.29, 0.717) is 12.1 Å². The van der Waals surface area contributed by atoms with Crippen molar-refractivity contribution in [2.75, 3.05) is 0 Å². The van der Waals surface area contributed by atoms with Crippen LogP contribution >= 0.6 is 11.6 Å². The number of phenols is 1. The molecule has 2 aromatic carbocycles. The average molecular weight is 371 g/mol. The number of benzene rings is 2. The molecule has 1 N–H and O–H groups in total. The molecule has 0 saturated carbocycles. The number of aromatic hydroxyl groups is 1. The van der Waals surface area contributed by atoms with E-state index in [2.05, 4.69) is 0 Å². The first kappa shape index (κ1) is 18.3. The fraction of sp³-hybridized carbons (Fsp3) is 0.200. The molecule has 0 radical (unpaired) electrons. The van der Waals surface area contributed by atoms with Gasteiger partial charge in [-0.05, 0) is 29.8 Å². The summed E-state index contributed by atoms with van der Waals surface area (Å²) in [4.78, 5) is 0. The van der Waals surface area contributed by atoms with Crippen molar-refractivity contribution in [3.8, 4) is 11.5 Å². The van der Waals surface area contributed by atoms with Crippen molar-refractivity contribution in [2.24, 2.45) is 0 Å². The van der Waals surface area contributed by atoms with Crippen molar-refractivity contribution in [2.45, 2.75) is 19.0 Å². The quantitative estimate of drug-likeness (QED) is 0.706. The number of rotatable bonds is 3. The Morgan fingerprint density at radius 1 is 0.917 bits per heavy atom. The molecule has 0 fully saturated rings. The van der Waals surface area contributed by atoms with Gasteiger partial charge in [-0.25, -0.2) is 0 Å². The summed E-state index contributed by atoms with van der Waals surface area (Å²) in [5.41, 5.74) is -2.15. The minimum Gasteiger partial charge on any atom is -0.508 e. The van der Waals surface area contributed by atoms with Crippen molar-refractivity contribution in [3.05, 3.63) is 58.1 Å². The Kier molecular flexibility index (Phi) is 4.89. The Bertz CT molecular complexity index is 740. The van der Waals surface area contributed by atoms with Gasteiger partial charge in [-0.15, -0.1) is 0 Å². The third-order valence-corrected chi connectivity index (χ3v) is 3.29. The van der Waals surface area contributed by atoms with Gasteiger partial charge in [-0.1, -0.05) is 17.7 Å². The summed E-state index contributed by atoms with van der Waals surface area (Å²) in [6.45, 7) is -0.430. The molecule has 0 aliphatic carbocycles. The minimum absolute atomic E-state index is 0.0589. The summed E-state index contributed by atoms with van der Waals surface area (Å²) in [5.74, 6) is -1.00. The fourth-order valence-electron chi connectivity index (χ4n) is 1.88. The Labute approximate surface area is 137 Å². The Hall–Kier alpha value is -2.09. The van der Waals surface area contributed by atoms with Crippen molar-refractivity contribution >= 4 is 11.6 Å². The molecule has 2 rings (SSSR count). The molecule has 0 amide bonds. The van der Waals surface area contributed by atoms with E-state index in [-0.39, 0.29) is 11.3 Å². The first-order valence-electron chi connectivity index (χ1n) is 6.36. The van der Waals surface area contributed by atoms with Crippen molar-refractivity contribution < 1.29 is 36.2 Å². The van der Waals surface area contributed by atoms with E-state index in [4.69, 9.17) is 16.3 Å². The fourth-order valence-corrected chi connectivity index (χ4v) is 2.10. The van der Waals surface area contributed by atoms with Crippen LogP contribution < -0.4 is 4.74 Å². The van der Waals surface area contributed by atoms with E-state index < -0.39 is 40.9 Å². The number of phenolic OH excluding ortho intramolecular Hbond substituents is 1. The minimum atomic E-state index is -4.69. The predicted octanol–water partition coefficient (Wildman–Crippen LogP) is 5.66. The maximum absolute atomic E-state index is 12.7. The largest absolute Gasteiger partial charge is 0.508 e. The van der Waals surface area contributed by atoms with E-state index in [1.807, 2.05) is 0 Å². The topological polar surface area (TPSA) is 29.5 Å². The molecule has 0 aliphatic heterocycles. The van der Waals surface area contributed by atoms with Gasteiger partial charge in [0.15, 0.2) is 0 Å². The molecule has 9 heteroatoms. The zero-order valence-electron chi connectivity index (χ0n) is 11.7. The van der Waals surface area contributed by atoms with E-state index >= 15 is 0 Å². The molecular formula is C15H9ClF6O2. The molecule has 0 unspecified atom stereocenters. The molecule has 0 heterocycles. The molecule has 2 nitrogen and oxygen atoms in total. The van der Waals surface area contributed by atoms with Crippen LogP contribution in [0.3, 0.4) is 0 Å². The van der Waals surface area contributed by atoms with Crippen LogP contribution in [-0.2, 0) is 19.0 Å². The maximum Gasteiger partial charge on any atom is 0.417 e.